The summed E-state index contributed by atoms with van der Waals surface area (Å²) in [7, 11) is 0. The van der Waals surface area contributed by atoms with Crippen LogP contribution in [0.15, 0.2) is 164 Å². The van der Waals surface area contributed by atoms with E-state index < -0.39 is 24.0 Å². The van der Waals surface area contributed by atoms with Gasteiger partial charge < -0.3 is 42.6 Å². The van der Waals surface area contributed by atoms with Crippen LogP contribution in [0, 0.1) is 0 Å². The fourth-order valence-electron chi connectivity index (χ4n) is 11.0. The zero-order valence-corrected chi connectivity index (χ0v) is 60.8. The number of unbranched alkanes of at least 4 members (excludes halogenated alkanes) is 18. The molecule has 0 unspecified atom stereocenters. The fourth-order valence-corrected chi connectivity index (χ4v) is 11.0. The summed E-state index contributed by atoms with van der Waals surface area (Å²) in [5, 5.41) is 0. The molecule has 0 aromatic heterocycles. The lowest BCUT2D eigenvalue weighted by molar-refractivity contribution is -0.167. The van der Waals surface area contributed by atoms with Gasteiger partial charge in [-0.25, -0.2) is 14.4 Å². The largest absolute Gasteiger partial charge is 0.494 e. The minimum atomic E-state index is -0.927. The molecule has 15 nitrogen and oxygen atoms in total. The Hall–Kier alpha value is -9.24. The van der Waals surface area contributed by atoms with Crippen molar-refractivity contribution < 1.29 is 71.4 Å². The summed E-state index contributed by atoms with van der Waals surface area (Å²) >= 11 is 0. The van der Waals surface area contributed by atoms with Gasteiger partial charge in [-0.2, -0.15) is 0 Å². The molecule has 15 heteroatoms. The van der Waals surface area contributed by atoms with Crippen molar-refractivity contribution >= 4 is 54.0 Å². The summed E-state index contributed by atoms with van der Waals surface area (Å²) in [6.07, 6.45) is 30.5. The van der Waals surface area contributed by atoms with E-state index in [9.17, 15) is 28.8 Å². The molecule has 102 heavy (non-hydrogen) atoms. The average molecular weight is 1400 g/mol. The van der Waals surface area contributed by atoms with Crippen LogP contribution in [0.2, 0.25) is 0 Å². The van der Waals surface area contributed by atoms with E-state index in [4.69, 9.17) is 42.6 Å². The molecule has 0 fully saturated rings. The Morgan fingerprint density at radius 1 is 0.275 bits per heavy atom. The quantitative estimate of drug-likeness (QED) is 0.0152. The van der Waals surface area contributed by atoms with Crippen molar-refractivity contribution in [3.8, 4) is 50.6 Å². The van der Waals surface area contributed by atoms with Gasteiger partial charge in [-0.15, -0.1) is 0 Å². The third-order valence-corrected chi connectivity index (χ3v) is 16.9. The molecule has 0 radical (unpaired) electrons. The minimum Gasteiger partial charge on any atom is -0.494 e. The molecule has 0 N–H and O–H groups in total. The molecule has 6 aromatic carbocycles. The Morgan fingerprint density at radius 2 is 0.510 bits per heavy atom. The van der Waals surface area contributed by atoms with E-state index in [1.54, 1.807) is 18.2 Å². The molecule has 0 saturated heterocycles. The highest BCUT2D eigenvalue weighted by Crippen LogP contribution is 2.27. The Labute approximate surface area is 606 Å². The van der Waals surface area contributed by atoms with Gasteiger partial charge in [-0.1, -0.05) is 226 Å². The second-order valence-electron chi connectivity index (χ2n) is 25.6. The molecule has 0 saturated carbocycles. The van der Waals surface area contributed by atoms with Gasteiger partial charge in [0.1, 0.15) is 30.5 Å². The normalized spacial score (nSPS) is 11.6. The van der Waals surface area contributed by atoms with Crippen LogP contribution in [-0.2, 0) is 57.2 Å². The zero-order valence-electron chi connectivity index (χ0n) is 60.8. The third kappa shape index (κ3) is 35.9. The van der Waals surface area contributed by atoms with E-state index in [1.807, 2.05) is 146 Å². The van der Waals surface area contributed by atoms with Gasteiger partial charge in [0.25, 0.3) is 0 Å². The lowest BCUT2D eigenvalue weighted by Gasteiger charge is -2.18. The van der Waals surface area contributed by atoms with E-state index in [-0.39, 0.29) is 50.4 Å². The van der Waals surface area contributed by atoms with Crippen LogP contribution in [0.1, 0.15) is 211 Å². The van der Waals surface area contributed by atoms with Gasteiger partial charge in [0.15, 0.2) is 6.10 Å². The third-order valence-electron chi connectivity index (χ3n) is 16.9. The van der Waals surface area contributed by atoms with Crippen molar-refractivity contribution in [2.24, 2.45) is 0 Å². The Balaban J connectivity index is 0.800. The molecule has 0 bridgehead atoms. The molecule has 0 atom stereocenters. The summed E-state index contributed by atoms with van der Waals surface area (Å²) in [5.41, 5.74) is 9.23. The molecule has 0 spiro atoms. The standard InChI is InChI=1S/C87H110O15/c1-4-61-94-78-52-46-75(47-53-78)72-40-31-69(32-41-72)37-58-84(90)97-64-25-19-13-7-10-16-22-28-82(88)100-67-81(102-87(93)30-24-18-12-9-15-21-27-66-99-86(92)60-39-71-35-44-74(45-36-71)77-50-56-80(57-51-77)96-63-6-3)68-101-83(89)29-23-17-11-8-14-20-26-65-98-85(91)59-38-70-33-42-73(43-34-70)76-48-54-79(55-49-76)95-62-5-2/h31-60,81H,4-30,61-68H2,1-3H3. The highest BCUT2D eigenvalue weighted by molar-refractivity contribution is 5.88. The predicted molar refractivity (Wildman–Crippen MR) is 406 cm³/mol. The number of ether oxygens (including phenoxy) is 9. The number of carbonyl (C=O) groups is 6. The maximum atomic E-state index is 13.1. The fraction of sp³-hybridized carbons (Fsp3) is 0.448. The molecule has 0 aliphatic rings. The number of carbonyl (C=O) groups excluding carboxylic acids is 6. The molecule has 0 amide bonds. The monoisotopic (exact) mass is 1390 g/mol. The van der Waals surface area contributed by atoms with E-state index in [0.29, 0.717) is 58.9 Å². The second-order valence-corrected chi connectivity index (χ2v) is 25.6. The van der Waals surface area contributed by atoms with E-state index >= 15 is 0 Å². The van der Waals surface area contributed by atoms with Gasteiger partial charge in [0.2, 0.25) is 0 Å². The van der Waals surface area contributed by atoms with Crippen molar-refractivity contribution in [1.82, 2.24) is 0 Å². The second kappa shape index (κ2) is 51.0. The molecule has 0 heterocycles. The summed E-state index contributed by atoms with van der Waals surface area (Å²) in [4.78, 5) is 76.0. The molecule has 6 aromatic rings. The van der Waals surface area contributed by atoms with Crippen molar-refractivity contribution in [3.63, 3.8) is 0 Å². The average Bonchev–Trinajstić information content (AvgIpc) is 0.871. The number of hydrogen-bond donors (Lipinski definition) is 0. The number of hydrogen-bond acceptors (Lipinski definition) is 15. The van der Waals surface area contributed by atoms with Crippen molar-refractivity contribution in [3.05, 3.63) is 181 Å². The first-order valence-corrected chi connectivity index (χ1v) is 37.5. The van der Waals surface area contributed by atoms with Crippen molar-refractivity contribution in [1.29, 1.82) is 0 Å². The van der Waals surface area contributed by atoms with Crippen LogP contribution < -0.4 is 14.2 Å². The topological polar surface area (TPSA) is 185 Å². The Morgan fingerprint density at radius 3 is 0.775 bits per heavy atom. The highest BCUT2D eigenvalue weighted by Gasteiger charge is 2.20. The van der Waals surface area contributed by atoms with Crippen LogP contribution in [0.25, 0.3) is 51.6 Å². The maximum Gasteiger partial charge on any atom is 0.330 e. The van der Waals surface area contributed by atoms with Gasteiger partial charge in [0, 0.05) is 37.5 Å². The van der Waals surface area contributed by atoms with Gasteiger partial charge in [-0.05, 0) is 162 Å². The van der Waals surface area contributed by atoms with Crippen LogP contribution in [0.5, 0.6) is 17.2 Å². The first-order chi connectivity index (χ1) is 50.0. The van der Waals surface area contributed by atoms with E-state index in [1.165, 1.54) is 18.2 Å². The molecule has 0 aliphatic carbocycles. The maximum absolute atomic E-state index is 13.1. The smallest absolute Gasteiger partial charge is 0.330 e. The highest BCUT2D eigenvalue weighted by atomic mass is 16.6. The van der Waals surface area contributed by atoms with Crippen LogP contribution in [0.4, 0.5) is 0 Å². The van der Waals surface area contributed by atoms with Crippen molar-refractivity contribution in [2.75, 3.05) is 52.9 Å². The summed E-state index contributed by atoms with van der Waals surface area (Å²) in [6.45, 7) is 8.96. The summed E-state index contributed by atoms with van der Waals surface area (Å²) in [5.74, 6) is 0.218. The summed E-state index contributed by atoms with van der Waals surface area (Å²) in [6, 6.07) is 48.1. The molecule has 548 valence electrons. The number of rotatable bonds is 53. The molecular formula is C87H110O15. The predicted octanol–water partition coefficient (Wildman–Crippen LogP) is 20.5. The van der Waals surface area contributed by atoms with Gasteiger partial charge in [-0.3, -0.25) is 14.4 Å². The molecule has 0 aliphatic heterocycles. The van der Waals surface area contributed by atoms with Crippen LogP contribution >= 0.6 is 0 Å². The molecular weight excluding hydrogens is 1280 g/mol. The van der Waals surface area contributed by atoms with Gasteiger partial charge in [0.05, 0.1) is 39.6 Å². The van der Waals surface area contributed by atoms with Crippen LogP contribution in [-0.4, -0.2) is 94.8 Å². The molecule has 6 rings (SSSR count). The Bertz CT molecular complexity index is 3250. The van der Waals surface area contributed by atoms with E-state index in [0.717, 1.165) is 202 Å². The first-order valence-electron chi connectivity index (χ1n) is 37.5. The van der Waals surface area contributed by atoms with Crippen LogP contribution in [0.3, 0.4) is 0 Å². The SMILES string of the molecule is CCCOc1ccc(-c2ccc(C=CC(=O)OCCCCCCCCCC(=O)OCC(COC(=O)CCCCCCCCCOC(=O)C=Cc3ccc(-c4ccc(OCCC)cc4)cc3)OC(=O)CCCCCCCCCOC(=O)C=Cc3ccc(-c4ccc(OCCC)cc4)cc3)cc2)cc1. The van der Waals surface area contributed by atoms with Crippen molar-refractivity contribution in [2.45, 2.75) is 200 Å². The lowest BCUT2D eigenvalue weighted by Crippen LogP contribution is -2.30. The first kappa shape index (κ1) is 81.7. The lowest BCUT2D eigenvalue weighted by atomic mass is 10.0. The number of benzene rings is 6. The Kier molecular flexibility index (Phi) is 40.8. The summed E-state index contributed by atoms with van der Waals surface area (Å²) < 4.78 is 50.3. The minimum absolute atomic E-state index is 0.187. The number of esters is 6. The van der Waals surface area contributed by atoms with E-state index in [2.05, 4.69) is 20.8 Å². The van der Waals surface area contributed by atoms with Gasteiger partial charge >= 0.3 is 35.8 Å². The zero-order chi connectivity index (χ0) is 72.3.